The number of hydrogen-bond acceptors (Lipinski definition) is 6. The van der Waals surface area contributed by atoms with Gasteiger partial charge in [-0.2, -0.15) is 0 Å². The first-order valence-corrected chi connectivity index (χ1v) is 12.0. The highest BCUT2D eigenvalue weighted by molar-refractivity contribution is 5.99. The molecule has 1 spiro atoms. The number of ether oxygens (including phenoxy) is 2. The van der Waals surface area contributed by atoms with E-state index in [0.29, 0.717) is 13.0 Å². The first kappa shape index (κ1) is 24.0. The molecule has 4 aliphatic heterocycles. The smallest absolute Gasteiger partial charge is 0.312 e. The lowest BCUT2D eigenvalue weighted by Gasteiger charge is -2.43. The summed E-state index contributed by atoms with van der Waals surface area (Å²) < 4.78 is 12.0. The highest BCUT2D eigenvalue weighted by Crippen LogP contribution is 2.54. The molecular formula is C25H36N2O6. The largest absolute Gasteiger partial charge is 0.465 e. The van der Waals surface area contributed by atoms with Crippen LogP contribution in [0.1, 0.15) is 47.5 Å². The van der Waals surface area contributed by atoms with Gasteiger partial charge in [0.05, 0.1) is 31.3 Å². The number of carbonyl (C=O) groups excluding carboxylic acids is 3. The van der Waals surface area contributed by atoms with Gasteiger partial charge in [0.1, 0.15) is 17.6 Å². The quantitative estimate of drug-likeness (QED) is 0.507. The molecule has 8 heteroatoms. The van der Waals surface area contributed by atoms with Gasteiger partial charge in [-0.05, 0) is 33.1 Å². The van der Waals surface area contributed by atoms with Gasteiger partial charge in [0, 0.05) is 12.1 Å². The molecule has 0 radical (unpaired) electrons. The average Bonchev–Trinajstić information content (AvgIpc) is 3.11. The number of likely N-dealkylation sites (tertiary alicyclic amines) is 1. The maximum absolute atomic E-state index is 14.1. The zero-order valence-corrected chi connectivity index (χ0v) is 20.2. The van der Waals surface area contributed by atoms with Crippen molar-refractivity contribution in [2.45, 2.75) is 76.8 Å². The minimum absolute atomic E-state index is 0.0436. The first-order valence-electron chi connectivity index (χ1n) is 12.0. The van der Waals surface area contributed by atoms with E-state index in [1.807, 2.05) is 58.9 Å². The van der Waals surface area contributed by atoms with E-state index in [2.05, 4.69) is 0 Å². The molecule has 1 unspecified atom stereocenters. The lowest BCUT2D eigenvalue weighted by atomic mass is 9.77. The molecule has 1 N–H and O–H groups in total. The number of hydrogen-bond donors (Lipinski definition) is 1. The Labute approximate surface area is 195 Å². The first-order chi connectivity index (χ1) is 15.6. The average molecular weight is 461 g/mol. The van der Waals surface area contributed by atoms with Crippen LogP contribution in [0.3, 0.4) is 0 Å². The number of carbonyl (C=O) groups is 3. The van der Waals surface area contributed by atoms with Crippen LogP contribution in [0.4, 0.5) is 0 Å². The van der Waals surface area contributed by atoms with Crippen molar-refractivity contribution in [3.8, 4) is 0 Å². The third-order valence-electron chi connectivity index (χ3n) is 7.71. The second-order valence-electron chi connectivity index (χ2n) is 10.6. The Balaban J connectivity index is 1.89. The summed E-state index contributed by atoms with van der Waals surface area (Å²) in [5.74, 6) is -2.79. The molecule has 2 fully saturated rings. The van der Waals surface area contributed by atoms with E-state index in [9.17, 15) is 19.5 Å². The topological polar surface area (TPSA) is 96.4 Å². The fourth-order valence-corrected chi connectivity index (χ4v) is 5.82. The van der Waals surface area contributed by atoms with Crippen molar-refractivity contribution in [1.29, 1.82) is 0 Å². The van der Waals surface area contributed by atoms with Gasteiger partial charge in [-0.3, -0.25) is 14.4 Å². The Morgan fingerprint density at radius 2 is 1.94 bits per heavy atom. The molecule has 7 atom stereocenters. The molecule has 2 saturated heterocycles. The van der Waals surface area contributed by atoms with E-state index in [1.54, 1.807) is 4.90 Å². The number of aliphatic hydroxyl groups excluding tert-OH is 1. The molecule has 33 heavy (non-hydrogen) atoms. The van der Waals surface area contributed by atoms with Crippen molar-refractivity contribution in [3.63, 3.8) is 0 Å². The van der Waals surface area contributed by atoms with E-state index < -0.39 is 47.1 Å². The van der Waals surface area contributed by atoms with E-state index in [0.717, 1.165) is 6.42 Å². The normalized spacial score (nSPS) is 35.9. The van der Waals surface area contributed by atoms with Crippen LogP contribution < -0.4 is 0 Å². The molecule has 0 aromatic rings. The number of cyclic esters (lactones) is 1. The highest BCUT2D eigenvalue weighted by Gasteiger charge is 2.73. The third-order valence-corrected chi connectivity index (χ3v) is 7.71. The summed E-state index contributed by atoms with van der Waals surface area (Å²) in [7, 11) is 0. The van der Waals surface area contributed by atoms with E-state index >= 15 is 0 Å². The van der Waals surface area contributed by atoms with Gasteiger partial charge < -0.3 is 24.4 Å². The maximum atomic E-state index is 14.1. The van der Waals surface area contributed by atoms with Crippen LogP contribution in [0.25, 0.3) is 0 Å². The minimum Gasteiger partial charge on any atom is -0.465 e. The number of fused-ring (bicyclic) bond motifs is 2. The van der Waals surface area contributed by atoms with Gasteiger partial charge in [-0.15, -0.1) is 0 Å². The highest BCUT2D eigenvalue weighted by atomic mass is 16.6. The van der Waals surface area contributed by atoms with Crippen molar-refractivity contribution >= 4 is 17.8 Å². The van der Waals surface area contributed by atoms with Crippen LogP contribution in [0.5, 0.6) is 0 Å². The van der Waals surface area contributed by atoms with Gasteiger partial charge in [-0.1, -0.05) is 44.6 Å². The number of nitrogens with zero attached hydrogens (tertiary/aromatic N) is 2. The van der Waals surface area contributed by atoms with Crippen LogP contribution in [0.2, 0.25) is 0 Å². The number of esters is 1. The SMILES string of the molecule is CC[C@H](C)[C@H](CO)N1C(=O)[C@@H]2[C@H]3C(=O)OCCC=C[C@H]3O[C@@]23C=CCN(C(C)(C)C)C(=O)C13. The summed E-state index contributed by atoms with van der Waals surface area (Å²) in [5, 5.41) is 10.3. The minimum atomic E-state index is -1.29. The van der Waals surface area contributed by atoms with Gasteiger partial charge in [0.15, 0.2) is 0 Å². The molecule has 8 nitrogen and oxygen atoms in total. The van der Waals surface area contributed by atoms with E-state index in [1.165, 1.54) is 4.90 Å². The summed E-state index contributed by atoms with van der Waals surface area (Å²) in [4.78, 5) is 44.5. The van der Waals surface area contributed by atoms with E-state index in [-0.39, 0.29) is 30.9 Å². The summed E-state index contributed by atoms with van der Waals surface area (Å²) in [6, 6.07) is -1.53. The molecule has 0 aromatic heterocycles. The number of amides is 2. The lowest BCUT2D eigenvalue weighted by Crippen LogP contribution is -2.61. The predicted molar refractivity (Wildman–Crippen MR) is 121 cm³/mol. The molecule has 182 valence electrons. The molecular weight excluding hydrogens is 424 g/mol. The standard InChI is InChI=1S/C25H36N2O6/c1-6-15(2)16(14-28)27-20-22(30)26(24(3,4)5)12-9-11-25(20)19(21(27)29)18-17(33-25)10-7-8-13-32-23(18)31/h7,9-11,15-20,28H,6,8,12-14H2,1-5H3/t15-,16-,17+,18-,19-,20?,25-/m0/s1. The summed E-state index contributed by atoms with van der Waals surface area (Å²) >= 11 is 0. The van der Waals surface area contributed by atoms with Crippen LogP contribution >= 0.6 is 0 Å². The fourth-order valence-electron chi connectivity index (χ4n) is 5.82. The molecule has 0 aromatic carbocycles. The van der Waals surface area contributed by atoms with Crippen LogP contribution in [0, 0.1) is 17.8 Å². The molecule has 4 heterocycles. The van der Waals surface area contributed by atoms with Crippen LogP contribution in [0.15, 0.2) is 24.3 Å². The van der Waals surface area contributed by atoms with Gasteiger partial charge >= 0.3 is 5.97 Å². The van der Waals surface area contributed by atoms with Crippen molar-refractivity contribution < 1.29 is 29.0 Å². The molecule has 0 bridgehead atoms. The number of rotatable bonds is 4. The monoisotopic (exact) mass is 460 g/mol. The molecule has 0 saturated carbocycles. The fraction of sp³-hybridized carbons (Fsp3) is 0.720. The Morgan fingerprint density at radius 1 is 1.21 bits per heavy atom. The second-order valence-corrected chi connectivity index (χ2v) is 10.6. The summed E-state index contributed by atoms with van der Waals surface area (Å²) in [6.07, 6.45) is 8.08. The van der Waals surface area contributed by atoms with E-state index in [4.69, 9.17) is 9.47 Å². The Morgan fingerprint density at radius 3 is 2.58 bits per heavy atom. The van der Waals surface area contributed by atoms with Gasteiger partial charge in [0.25, 0.3) is 0 Å². The van der Waals surface area contributed by atoms with Crippen molar-refractivity contribution in [2.75, 3.05) is 19.8 Å². The Bertz CT molecular complexity index is 877. The zero-order valence-electron chi connectivity index (χ0n) is 20.2. The summed E-state index contributed by atoms with van der Waals surface area (Å²) in [5.41, 5.74) is -1.78. The number of aliphatic hydroxyl groups is 1. The molecule has 2 amide bonds. The molecule has 4 rings (SSSR count). The second kappa shape index (κ2) is 8.55. The Hall–Kier alpha value is -2.19. The van der Waals surface area contributed by atoms with Gasteiger partial charge in [-0.25, -0.2) is 0 Å². The van der Waals surface area contributed by atoms with Crippen molar-refractivity contribution in [3.05, 3.63) is 24.3 Å². The Kier molecular flexibility index (Phi) is 6.20. The van der Waals surface area contributed by atoms with Crippen molar-refractivity contribution in [2.24, 2.45) is 17.8 Å². The summed E-state index contributed by atoms with van der Waals surface area (Å²) in [6.45, 7) is 10.2. The lowest BCUT2D eigenvalue weighted by molar-refractivity contribution is -0.158. The molecule has 0 aliphatic carbocycles. The maximum Gasteiger partial charge on any atom is 0.312 e. The van der Waals surface area contributed by atoms with Crippen LogP contribution in [-0.4, -0.2) is 81.8 Å². The van der Waals surface area contributed by atoms with Crippen molar-refractivity contribution in [1.82, 2.24) is 9.80 Å². The van der Waals surface area contributed by atoms with Gasteiger partial charge in [0.2, 0.25) is 11.8 Å². The molecule has 4 aliphatic rings. The third kappa shape index (κ3) is 3.62. The zero-order chi connectivity index (χ0) is 24.1. The predicted octanol–water partition coefficient (Wildman–Crippen LogP) is 1.67. The van der Waals surface area contributed by atoms with Crippen LogP contribution in [-0.2, 0) is 23.9 Å².